The molecule has 0 unspecified atom stereocenters. The Morgan fingerprint density at radius 1 is 1.38 bits per heavy atom. The lowest BCUT2D eigenvalue weighted by molar-refractivity contribution is 0.323. The quantitative estimate of drug-likeness (QED) is 0.724. The highest BCUT2D eigenvalue weighted by atomic mass is 32.2. The molecule has 0 radical (unpaired) electrons. The SMILES string of the molecule is CC(C)N(CCC#N)S(=O)(=O)N1CCCC1. The molecule has 1 aliphatic heterocycles. The van der Waals surface area contributed by atoms with Crippen LogP contribution >= 0.6 is 0 Å². The molecule has 6 heteroatoms. The first kappa shape index (κ1) is 13.4. The van der Waals surface area contributed by atoms with Gasteiger partial charge >= 0.3 is 0 Å². The molecular weight excluding hydrogens is 226 g/mol. The normalized spacial score (nSPS) is 18.2. The summed E-state index contributed by atoms with van der Waals surface area (Å²) in [6, 6.07) is 1.89. The standard InChI is InChI=1S/C10H19N3O2S/c1-10(2)13(9-5-6-11)16(14,15)12-7-3-4-8-12/h10H,3-5,7-9H2,1-2H3. The van der Waals surface area contributed by atoms with E-state index < -0.39 is 10.2 Å². The summed E-state index contributed by atoms with van der Waals surface area (Å²) < 4.78 is 27.4. The molecule has 0 atom stereocenters. The lowest BCUT2D eigenvalue weighted by Gasteiger charge is -2.29. The lowest BCUT2D eigenvalue weighted by Crippen LogP contribution is -2.46. The van der Waals surface area contributed by atoms with E-state index in [0.717, 1.165) is 12.8 Å². The van der Waals surface area contributed by atoms with Crippen molar-refractivity contribution < 1.29 is 8.42 Å². The highest BCUT2D eigenvalue weighted by Crippen LogP contribution is 2.18. The van der Waals surface area contributed by atoms with E-state index in [1.807, 2.05) is 19.9 Å². The molecule has 92 valence electrons. The fourth-order valence-electron chi connectivity index (χ4n) is 1.87. The van der Waals surface area contributed by atoms with Gasteiger partial charge in [-0.05, 0) is 26.7 Å². The Kier molecular flexibility index (Phi) is 4.71. The molecule has 0 aromatic rings. The summed E-state index contributed by atoms with van der Waals surface area (Å²) in [4.78, 5) is 0. The first-order chi connectivity index (χ1) is 7.50. The third kappa shape index (κ3) is 2.94. The molecule has 1 rings (SSSR count). The topological polar surface area (TPSA) is 64.4 Å². The van der Waals surface area contributed by atoms with Gasteiger partial charge in [0.05, 0.1) is 6.07 Å². The largest absolute Gasteiger partial charge is 0.282 e. The van der Waals surface area contributed by atoms with Crippen molar-refractivity contribution in [3.8, 4) is 6.07 Å². The maximum Gasteiger partial charge on any atom is 0.282 e. The highest BCUT2D eigenvalue weighted by molar-refractivity contribution is 7.86. The van der Waals surface area contributed by atoms with Crippen LogP contribution in [0.1, 0.15) is 33.1 Å². The second-order valence-corrected chi connectivity index (χ2v) is 6.11. The monoisotopic (exact) mass is 245 g/mol. The van der Waals surface area contributed by atoms with Crippen molar-refractivity contribution in [2.75, 3.05) is 19.6 Å². The summed E-state index contributed by atoms with van der Waals surface area (Å²) >= 11 is 0. The summed E-state index contributed by atoms with van der Waals surface area (Å²) in [5, 5.41) is 8.54. The van der Waals surface area contributed by atoms with Crippen molar-refractivity contribution in [2.45, 2.75) is 39.2 Å². The third-order valence-corrected chi connectivity index (χ3v) is 4.92. The van der Waals surface area contributed by atoms with Crippen LogP contribution in [0.2, 0.25) is 0 Å². The van der Waals surface area contributed by atoms with E-state index in [1.54, 1.807) is 0 Å². The summed E-state index contributed by atoms with van der Waals surface area (Å²) in [5.41, 5.74) is 0. The van der Waals surface area contributed by atoms with Gasteiger partial charge in [-0.3, -0.25) is 0 Å². The molecule has 0 spiro atoms. The molecule has 0 amide bonds. The maximum atomic E-state index is 12.2. The van der Waals surface area contributed by atoms with E-state index in [4.69, 9.17) is 5.26 Å². The van der Waals surface area contributed by atoms with Gasteiger partial charge in [0.15, 0.2) is 0 Å². The first-order valence-corrected chi connectivity index (χ1v) is 7.03. The maximum absolute atomic E-state index is 12.2. The Balaban J connectivity index is 2.79. The Bertz CT molecular complexity index is 353. The van der Waals surface area contributed by atoms with Crippen molar-refractivity contribution in [3.63, 3.8) is 0 Å². The molecule has 5 nitrogen and oxygen atoms in total. The van der Waals surface area contributed by atoms with Crippen LogP contribution in [0.25, 0.3) is 0 Å². The number of nitriles is 1. The van der Waals surface area contributed by atoms with Crippen LogP contribution in [-0.4, -0.2) is 42.7 Å². The minimum atomic E-state index is -3.36. The Morgan fingerprint density at radius 2 is 1.94 bits per heavy atom. The summed E-state index contributed by atoms with van der Waals surface area (Å²) in [7, 11) is -3.36. The molecule has 0 aliphatic carbocycles. The molecular formula is C10H19N3O2S. The fourth-order valence-corrected chi connectivity index (χ4v) is 3.74. The van der Waals surface area contributed by atoms with Crippen molar-refractivity contribution in [3.05, 3.63) is 0 Å². The number of rotatable bonds is 5. The second kappa shape index (κ2) is 5.62. The molecule has 1 heterocycles. The predicted octanol–water partition coefficient (Wildman–Crippen LogP) is 0.951. The van der Waals surface area contributed by atoms with Gasteiger partial charge in [0.25, 0.3) is 10.2 Å². The number of hydrogen-bond acceptors (Lipinski definition) is 3. The highest BCUT2D eigenvalue weighted by Gasteiger charge is 2.32. The molecule has 0 aromatic heterocycles. The van der Waals surface area contributed by atoms with Gasteiger partial charge in [-0.2, -0.15) is 22.3 Å². The van der Waals surface area contributed by atoms with E-state index in [1.165, 1.54) is 8.61 Å². The molecule has 1 aliphatic rings. The molecule has 0 N–H and O–H groups in total. The van der Waals surface area contributed by atoms with E-state index >= 15 is 0 Å². The van der Waals surface area contributed by atoms with Crippen LogP contribution in [0.15, 0.2) is 0 Å². The fraction of sp³-hybridized carbons (Fsp3) is 0.900. The molecule has 1 fully saturated rings. The zero-order valence-electron chi connectivity index (χ0n) is 9.89. The van der Waals surface area contributed by atoms with Crippen LogP contribution in [-0.2, 0) is 10.2 Å². The summed E-state index contributed by atoms with van der Waals surface area (Å²) in [5.74, 6) is 0. The van der Waals surface area contributed by atoms with Gasteiger partial charge in [0.2, 0.25) is 0 Å². The summed E-state index contributed by atoms with van der Waals surface area (Å²) in [6.07, 6.45) is 2.11. The van der Waals surface area contributed by atoms with Crippen molar-refractivity contribution in [2.24, 2.45) is 0 Å². The van der Waals surface area contributed by atoms with Gasteiger partial charge in [-0.1, -0.05) is 0 Å². The zero-order chi connectivity index (χ0) is 12.2. The van der Waals surface area contributed by atoms with E-state index in [2.05, 4.69) is 0 Å². The lowest BCUT2D eigenvalue weighted by atomic mass is 10.3. The van der Waals surface area contributed by atoms with Crippen LogP contribution in [0, 0.1) is 11.3 Å². The van der Waals surface area contributed by atoms with Gasteiger partial charge in [-0.25, -0.2) is 0 Å². The molecule has 1 saturated heterocycles. The number of nitrogens with zero attached hydrogens (tertiary/aromatic N) is 3. The third-order valence-electron chi connectivity index (χ3n) is 2.71. The van der Waals surface area contributed by atoms with Crippen LogP contribution in [0.3, 0.4) is 0 Å². The summed E-state index contributed by atoms with van der Waals surface area (Å²) in [6.45, 7) is 5.18. The molecule has 16 heavy (non-hydrogen) atoms. The van der Waals surface area contributed by atoms with Crippen LogP contribution in [0.4, 0.5) is 0 Å². The minimum Gasteiger partial charge on any atom is -0.198 e. The van der Waals surface area contributed by atoms with Crippen LogP contribution in [0.5, 0.6) is 0 Å². The Labute approximate surface area is 97.8 Å². The first-order valence-electron chi connectivity index (χ1n) is 5.64. The van der Waals surface area contributed by atoms with E-state index in [-0.39, 0.29) is 19.0 Å². The van der Waals surface area contributed by atoms with Crippen molar-refractivity contribution in [1.29, 1.82) is 5.26 Å². The smallest absolute Gasteiger partial charge is 0.198 e. The molecule has 0 aromatic carbocycles. The van der Waals surface area contributed by atoms with Gasteiger partial charge in [-0.15, -0.1) is 0 Å². The molecule has 0 bridgehead atoms. The number of hydrogen-bond donors (Lipinski definition) is 0. The average molecular weight is 245 g/mol. The zero-order valence-corrected chi connectivity index (χ0v) is 10.7. The van der Waals surface area contributed by atoms with Gasteiger partial charge < -0.3 is 0 Å². The second-order valence-electron chi connectivity index (χ2n) is 4.23. The van der Waals surface area contributed by atoms with Crippen LogP contribution < -0.4 is 0 Å². The Hall–Kier alpha value is -0.640. The van der Waals surface area contributed by atoms with Crippen molar-refractivity contribution in [1.82, 2.24) is 8.61 Å². The minimum absolute atomic E-state index is 0.0982. The average Bonchev–Trinajstić information content (AvgIpc) is 2.70. The molecule has 0 saturated carbocycles. The Morgan fingerprint density at radius 3 is 2.38 bits per heavy atom. The van der Waals surface area contributed by atoms with E-state index in [9.17, 15) is 8.42 Å². The predicted molar refractivity (Wildman–Crippen MR) is 61.8 cm³/mol. The van der Waals surface area contributed by atoms with Crippen molar-refractivity contribution >= 4 is 10.2 Å². The van der Waals surface area contributed by atoms with E-state index in [0.29, 0.717) is 13.1 Å². The van der Waals surface area contributed by atoms with Gasteiger partial charge in [0, 0.05) is 32.1 Å². The van der Waals surface area contributed by atoms with Gasteiger partial charge in [0.1, 0.15) is 0 Å².